The van der Waals surface area contributed by atoms with Crippen molar-refractivity contribution in [1.82, 2.24) is 16.0 Å². The van der Waals surface area contributed by atoms with Crippen molar-refractivity contribution in [2.75, 3.05) is 17.0 Å². The van der Waals surface area contributed by atoms with Crippen molar-refractivity contribution in [1.29, 1.82) is 0 Å². The lowest BCUT2D eigenvalue weighted by molar-refractivity contribution is 0.0830. The SMILES string of the molecule is CCc1cccc(CNC[C@@H](O)[C@H](Cc2ccccc2)NC(=O)c2cc(NS(=O)(=O)CC)cc(C(=O)N[C@H](C)c3ccccc3)c2)c1. The van der Waals surface area contributed by atoms with Crippen LogP contribution in [0.4, 0.5) is 5.69 Å². The molecule has 0 saturated heterocycles. The van der Waals surface area contributed by atoms with Gasteiger partial charge >= 0.3 is 0 Å². The van der Waals surface area contributed by atoms with Gasteiger partial charge in [-0.2, -0.15) is 0 Å². The Morgan fingerprint density at radius 1 is 0.745 bits per heavy atom. The van der Waals surface area contributed by atoms with E-state index < -0.39 is 34.0 Å². The number of anilines is 1. The van der Waals surface area contributed by atoms with Crippen LogP contribution in [0, 0.1) is 0 Å². The van der Waals surface area contributed by atoms with Crippen molar-refractivity contribution in [3.8, 4) is 0 Å². The molecule has 0 aliphatic heterocycles. The van der Waals surface area contributed by atoms with Crippen LogP contribution in [0.3, 0.4) is 0 Å². The predicted octanol–water partition coefficient (Wildman–Crippen LogP) is 4.99. The van der Waals surface area contributed by atoms with E-state index in [1.807, 2.05) is 79.7 Å². The highest BCUT2D eigenvalue weighted by Crippen LogP contribution is 2.20. The van der Waals surface area contributed by atoms with E-state index in [1.165, 1.54) is 30.7 Å². The fraction of sp³-hybridized carbons (Fsp3) is 0.297. The summed E-state index contributed by atoms with van der Waals surface area (Å²) in [7, 11) is -3.70. The largest absolute Gasteiger partial charge is 0.390 e. The van der Waals surface area contributed by atoms with Crippen LogP contribution >= 0.6 is 0 Å². The van der Waals surface area contributed by atoms with Crippen LogP contribution in [0.25, 0.3) is 0 Å². The standard InChI is InChI=1S/C37H44N4O5S/c1-4-27-15-12-16-29(19-27)24-38-25-35(42)34(20-28-13-8-6-9-14-28)40-37(44)32-21-31(22-33(23-32)41-47(45,46)5-2)36(43)39-26(3)30-17-10-7-11-18-30/h6-19,21-23,26,34-35,38,41-42H,4-5,20,24-25H2,1-3H3,(H,39,43)(H,40,44)/t26-,34+,35-/m1/s1. The van der Waals surface area contributed by atoms with Crippen molar-refractivity contribution in [2.45, 2.75) is 58.3 Å². The van der Waals surface area contributed by atoms with E-state index >= 15 is 0 Å². The molecule has 0 heterocycles. The van der Waals surface area contributed by atoms with Gasteiger partial charge in [-0.15, -0.1) is 0 Å². The van der Waals surface area contributed by atoms with E-state index in [9.17, 15) is 23.1 Å². The second-order valence-electron chi connectivity index (χ2n) is 11.6. The molecule has 0 radical (unpaired) electrons. The second-order valence-corrected chi connectivity index (χ2v) is 13.6. The number of carbonyl (C=O) groups excluding carboxylic acids is 2. The van der Waals surface area contributed by atoms with Crippen LogP contribution in [-0.4, -0.2) is 49.8 Å². The van der Waals surface area contributed by atoms with E-state index in [1.54, 1.807) is 0 Å². The first-order chi connectivity index (χ1) is 22.6. The number of aliphatic hydroxyl groups excluding tert-OH is 1. The Morgan fingerprint density at radius 2 is 1.34 bits per heavy atom. The maximum atomic E-state index is 13.8. The Hall–Kier alpha value is -4.51. The molecule has 5 N–H and O–H groups in total. The Kier molecular flexibility index (Phi) is 12.7. The first kappa shape index (κ1) is 35.3. The number of rotatable bonds is 16. The van der Waals surface area contributed by atoms with Crippen molar-refractivity contribution < 1.29 is 23.1 Å². The maximum Gasteiger partial charge on any atom is 0.251 e. The lowest BCUT2D eigenvalue weighted by Crippen LogP contribution is -2.48. The van der Waals surface area contributed by atoms with Gasteiger partial charge in [0.2, 0.25) is 10.0 Å². The first-order valence-electron chi connectivity index (χ1n) is 15.9. The molecular weight excluding hydrogens is 612 g/mol. The normalized spacial score (nSPS) is 13.3. The molecule has 0 aliphatic carbocycles. The molecular formula is C37H44N4O5S. The van der Waals surface area contributed by atoms with Gasteiger partial charge in [-0.05, 0) is 67.1 Å². The molecule has 0 aromatic heterocycles. The smallest absolute Gasteiger partial charge is 0.251 e. The van der Waals surface area contributed by atoms with Crippen molar-refractivity contribution in [3.05, 3.63) is 137 Å². The van der Waals surface area contributed by atoms with Gasteiger partial charge in [-0.3, -0.25) is 14.3 Å². The molecule has 4 aromatic carbocycles. The minimum atomic E-state index is -3.70. The summed E-state index contributed by atoms with van der Waals surface area (Å²) in [5, 5.41) is 20.5. The number of benzene rings is 4. The van der Waals surface area contributed by atoms with E-state index in [4.69, 9.17) is 0 Å². The average Bonchev–Trinajstić information content (AvgIpc) is 3.08. The van der Waals surface area contributed by atoms with E-state index in [0.29, 0.717) is 13.0 Å². The highest BCUT2D eigenvalue weighted by molar-refractivity contribution is 7.92. The van der Waals surface area contributed by atoms with Crippen LogP contribution in [0.15, 0.2) is 103 Å². The lowest BCUT2D eigenvalue weighted by Gasteiger charge is -2.25. The molecule has 0 fully saturated rings. The van der Waals surface area contributed by atoms with Crippen molar-refractivity contribution in [3.63, 3.8) is 0 Å². The van der Waals surface area contributed by atoms with Gasteiger partial charge in [0.25, 0.3) is 11.8 Å². The summed E-state index contributed by atoms with van der Waals surface area (Å²) < 4.78 is 27.4. The van der Waals surface area contributed by atoms with Crippen LogP contribution in [0.1, 0.15) is 69.8 Å². The second kappa shape index (κ2) is 16.9. The molecule has 0 spiro atoms. The van der Waals surface area contributed by atoms with E-state index in [0.717, 1.165) is 23.1 Å². The number of carbonyl (C=O) groups is 2. The third kappa shape index (κ3) is 10.8. The minimum absolute atomic E-state index is 0.0772. The van der Waals surface area contributed by atoms with Crippen LogP contribution in [0.2, 0.25) is 0 Å². The monoisotopic (exact) mass is 656 g/mol. The number of nitrogens with one attached hydrogen (secondary N) is 4. The van der Waals surface area contributed by atoms with Crippen molar-refractivity contribution in [2.24, 2.45) is 0 Å². The summed E-state index contributed by atoms with van der Waals surface area (Å²) in [6.45, 7) is 6.21. The molecule has 2 amide bonds. The van der Waals surface area contributed by atoms with Crippen LogP contribution < -0.4 is 20.7 Å². The Balaban J connectivity index is 1.56. The summed E-state index contributed by atoms with van der Waals surface area (Å²) >= 11 is 0. The summed E-state index contributed by atoms with van der Waals surface area (Å²) in [5.74, 6) is -1.20. The van der Waals surface area contributed by atoms with Gasteiger partial charge in [0.15, 0.2) is 0 Å². The number of aryl methyl sites for hydroxylation is 1. The summed E-state index contributed by atoms with van der Waals surface area (Å²) in [5.41, 5.74) is 4.42. The Labute approximate surface area is 277 Å². The molecule has 4 aromatic rings. The highest BCUT2D eigenvalue weighted by atomic mass is 32.2. The molecule has 10 heteroatoms. The number of amides is 2. The topological polar surface area (TPSA) is 137 Å². The Morgan fingerprint density at radius 3 is 1.98 bits per heavy atom. The number of hydrogen-bond acceptors (Lipinski definition) is 6. The van der Waals surface area contributed by atoms with Gasteiger partial charge in [0, 0.05) is 24.2 Å². The average molecular weight is 657 g/mol. The molecule has 4 rings (SSSR count). The third-order valence-electron chi connectivity index (χ3n) is 7.92. The maximum absolute atomic E-state index is 13.8. The minimum Gasteiger partial charge on any atom is -0.390 e. The van der Waals surface area contributed by atoms with Gasteiger partial charge in [0.05, 0.1) is 29.6 Å². The van der Waals surface area contributed by atoms with Gasteiger partial charge < -0.3 is 21.1 Å². The summed E-state index contributed by atoms with van der Waals surface area (Å²) in [6.07, 6.45) is 0.327. The fourth-order valence-electron chi connectivity index (χ4n) is 5.17. The summed E-state index contributed by atoms with van der Waals surface area (Å²) in [4.78, 5) is 27.1. The molecule has 248 valence electrons. The number of hydrogen-bond donors (Lipinski definition) is 5. The van der Waals surface area contributed by atoms with Gasteiger partial charge in [-0.1, -0.05) is 91.9 Å². The van der Waals surface area contributed by atoms with Crippen LogP contribution in [0.5, 0.6) is 0 Å². The molecule has 47 heavy (non-hydrogen) atoms. The zero-order valence-electron chi connectivity index (χ0n) is 27.1. The van der Waals surface area contributed by atoms with Gasteiger partial charge in [-0.25, -0.2) is 8.42 Å². The molecule has 0 saturated carbocycles. The highest BCUT2D eigenvalue weighted by Gasteiger charge is 2.24. The Bertz CT molecular complexity index is 1730. The molecule has 0 unspecified atom stereocenters. The predicted molar refractivity (Wildman–Crippen MR) is 187 cm³/mol. The third-order valence-corrected chi connectivity index (χ3v) is 9.23. The molecule has 3 atom stereocenters. The quantitative estimate of drug-likeness (QED) is 0.115. The zero-order chi connectivity index (χ0) is 33.8. The van der Waals surface area contributed by atoms with E-state index in [2.05, 4.69) is 39.7 Å². The lowest BCUT2D eigenvalue weighted by atomic mass is 10.00. The number of sulfonamides is 1. The van der Waals surface area contributed by atoms with Gasteiger partial charge in [0.1, 0.15) is 0 Å². The molecule has 9 nitrogen and oxygen atoms in total. The first-order valence-corrected chi connectivity index (χ1v) is 17.5. The molecule has 0 aliphatic rings. The van der Waals surface area contributed by atoms with E-state index in [-0.39, 0.29) is 35.2 Å². The zero-order valence-corrected chi connectivity index (χ0v) is 27.9. The van der Waals surface area contributed by atoms with Crippen LogP contribution in [-0.2, 0) is 29.4 Å². The molecule has 0 bridgehead atoms. The van der Waals surface area contributed by atoms with Crippen molar-refractivity contribution >= 4 is 27.5 Å². The number of aliphatic hydroxyl groups is 1. The summed E-state index contributed by atoms with van der Waals surface area (Å²) in [6, 6.07) is 30.4. The fourth-order valence-corrected chi connectivity index (χ4v) is 5.80.